The molecule has 6 heteroatoms. The molecule has 1 unspecified atom stereocenters. The predicted molar refractivity (Wildman–Crippen MR) is 50.4 cm³/mol. The molecule has 0 saturated carbocycles. The molecule has 0 saturated heterocycles. The van der Waals surface area contributed by atoms with E-state index in [1.807, 2.05) is 0 Å². The largest absolute Gasteiger partial charge is 0.388 e. The van der Waals surface area contributed by atoms with Gasteiger partial charge in [0, 0.05) is 15.5 Å². The normalized spacial score (nSPS) is 11.9. The van der Waals surface area contributed by atoms with Crippen LogP contribution in [-0.4, -0.2) is 11.7 Å². The van der Waals surface area contributed by atoms with Gasteiger partial charge < -0.3 is 5.11 Å². The van der Waals surface area contributed by atoms with Crippen molar-refractivity contribution in [3.8, 4) is 0 Å². The molecule has 0 fully saturated rings. The summed E-state index contributed by atoms with van der Waals surface area (Å²) in [4.78, 5) is 2.46. The van der Waals surface area contributed by atoms with E-state index in [-0.39, 0.29) is 17.1 Å². The summed E-state index contributed by atoms with van der Waals surface area (Å²) in [7, 11) is 0. The van der Waals surface area contributed by atoms with Gasteiger partial charge in [-0.25, -0.2) is 4.39 Å². The van der Waals surface area contributed by atoms with Gasteiger partial charge in [-0.2, -0.15) is 0 Å². The Kier molecular flexibility index (Phi) is 3.71. The highest BCUT2D eigenvalue weighted by molar-refractivity contribution is 6.31. The van der Waals surface area contributed by atoms with Crippen LogP contribution in [0.3, 0.4) is 0 Å². The van der Waals surface area contributed by atoms with Crippen LogP contribution in [0, 0.1) is 5.82 Å². The maximum Gasteiger partial charge on any atom is 0.130 e. The van der Waals surface area contributed by atoms with Crippen molar-refractivity contribution in [2.45, 2.75) is 6.10 Å². The highest BCUT2D eigenvalue weighted by Crippen LogP contribution is 2.25. The Labute approximate surface area is 84.6 Å². The molecular weight excluding hydrogens is 209 g/mol. The van der Waals surface area contributed by atoms with Gasteiger partial charge in [0.05, 0.1) is 12.6 Å². The molecule has 0 bridgehead atoms. The van der Waals surface area contributed by atoms with E-state index in [0.717, 1.165) is 0 Å². The summed E-state index contributed by atoms with van der Waals surface area (Å²) in [5.41, 5.74) is 7.98. The molecule has 4 nitrogen and oxygen atoms in total. The lowest BCUT2D eigenvalue weighted by molar-refractivity contribution is 0.182. The number of hydrogen-bond donors (Lipinski definition) is 1. The second-order valence-corrected chi connectivity index (χ2v) is 2.97. The zero-order chi connectivity index (χ0) is 10.6. The molecule has 1 aromatic rings. The fraction of sp³-hybridized carbons (Fsp3) is 0.250. The van der Waals surface area contributed by atoms with E-state index in [0.29, 0.717) is 0 Å². The van der Waals surface area contributed by atoms with E-state index < -0.39 is 11.9 Å². The van der Waals surface area contributed by atoms with Crippen LogP contribution < -0.4 is 0 Å². The number of rotatable bonds is 3. The summed E-state index contributed by atoms with van der Waals surface area (Å²) in [6.07, 6.45) is -1.21. The molecule has 1 atom stereocenters. The number of halogens is 2. The number of hydrogen-bond acceptors (Lipinski definition) is 2. The highest BCUT2D eigenvalue weighted by Gasteiger charge is 2.15. The molecule has 74 valence electrons. The van der Waals surface area contributed by atoms with E-state index in [2.05, 4.69) is 10.0 Å². The zero-order valence-electron chi connectivity index (χ0n) is 7.06. The average Bonchev–Trinajstić information content (AvgIpc) is 2.14. The Morgan fingerprint density at radius 3 is 2.93 bits per heavy atom. The molecule has 0 heterocycles. The number of azide groups is 1. The summed E-state index contributed by atoms with van der Waals surface area (Å²) in [6.45, 7) is -0.239. The SMILES string of the molecule is [N-]=[N+]=NCC(O)c1c(F)cccc1Cl. The van der Waals surface area contributed by atoms with Crippen LogP contribution in [0.1, 0.15) is 11.7 Å². The zero-order valence-corrected chi connectivity index (χ0v) is 7.82. The third kappa shape index (κ3) is 2.35. The highest BCUT2D eigenvalue weighted by atomic mass is 35.5. The summed E-state index contributed by atoms with van der Waals surface area (Å²) in [5, 5.41) is 12.7. The lowest BCUT2D eigenvalue weighted by Gasteiger charge is -2.10. The fourth-order valence-electron chi connectivity index (χ4n) is 1.03. The molecule has 1 N–H and O–H groups in total. The minimum atomic E-state index is -1.21. The lowest BCUT2D eigenvalue weighted by atomic mass is 10.1. The Morgan fingerprint density at radius 1 is 1.64 bits per heavy atom. The first-order valence-electron chi connectivity index (χ1n) is 3.79. The van der Waals surface area contributed by atoms with Crippen molar-refractivity contribution in [3.05, 3.63) is 45.0 Å². The van der Waals surface area contributed by atoms with Gasteiger partial charge in [0.25, 0.3) is 0 Å². The van der Waals surface area contributed by atoms with E-state index in [1.165, 1.54) is 18.2 Å². The summed E-state index contributed by atoms with van der Waals surface area (Å²) >= 11 is 5.67. The topological polar surface area (TPSA) is 69.0 Å². The van der Waals surface area contributed by atoms with Crippen molar-refractivity contribution in [1.29, 1.82) is 0 Å². The van der Waals surface area contributed by atoms with E-state index in [9.17, 15) is 9.50 Å². The van der Waals surface area contributed by atoms with E-state index >= 15 is 0 Å². The van der Waals surface area contributed by atoms with Gasteiger partial charge in [0.1, 0.15) is 5.82 Å². The summed E-state index contributed by atoms with van der Waals surface area (Å²) in [5.74, 6) is -0.613. The van der Waals surface area contributed by atoms with Gasteiger partial charge in [0.2, 0.25) is 0 Å². The van der Waals surface area contributed by atoms with Gasteiger partial charge in [-0.1, -0.05) is 22.8 Å². The van der Waals surface area contributed by atoms with Crippen molar-refractivity contribution < 1.29 is 9.50 Å². The number of aliphatic hydroxyl groups is 1. The van der Waals surface area contributed by atoms with Crippen LogP contribution in [0.25, 0.3) is 10.4 Å². The fourth-order valence-corrected chi connectivity index (χ4v) is 1.32. The van der Waals surface area contributed by atoms with Crippen LogP contribution in [0.4, 0.5) is 4.39 Å². The van der Waals surface area contributed by atoms with Crippen LogP contribution >= 0.6 is 11.6 Å². The molecule has 14 heavy (non-hydrogen) atoms. The first kappa shape index (κ1) is 10.8. The number of nitrogens with zero attached hydrogens (tertiary/aromatic N) is 3. The maximum absolute atomic E-state index is 13.1. The van der Waals surface area contributed by atoms with Crippen molar-refractivity contribution in [3.63, 3.8) is 0 Å². The van der Waals surface area contributed by atoms with Crippen molar-refractivity contribution in [2.75, 3.05) is 6.54 Å². The number of aliphatic hydroxyl groups excluding tert-OH is 1. The third-order valence-electron chi connectivity index (χ3n) is 1.65. The summed E-state index contributed by atoms with van der Waals surface area (Å²) in [6, 6.07) is 4.07. The Bertz CT molecular complexity index is 359. The van der Waals surface area contributed by atoms with Gasteiger partial charge in [0.15, 0.2) is 0 Å². The molecule has 0 radical (unpaired) electrons. The minimum absolute atomic E-state index is 0.0402. The molecule has 0 aliphatic carbocycles. The van der Waals surface area contributed by atoms with E-state index in [4.69, 9.17) is 17.1 Å². The van der Waals surface area contributed by atoms with Crippen LogP contribution in [0.15, 0.2) is 23.3 Å². The molecule has 0 spiro atoms. The smallest absolute Gasteiger partial charge is 0.130 e. The van der Waals surface area contributed by atoms with Crippen LogP contribution in [0.5, 0.6) is 0 Å². The third-order valence-corrected chi connectivity index (χ3v) is 1.98. The first-order valence-corrected chi connectivity index (χ1v) is 4.17. The van der Waals surface area contributed by atoms with Gasteiger partial charge in [-0.05, 0) is 17.7 Å². The standard InChI is InChI=1S/C8H7ClFN3O/c9-5-2-1-3-6(10)8(5)7(14)4-12-13-11/h1-3,7,14H,4H2. The monoisotopic (exact) mass is 215 g/mol. The predicted octanol–water partition coefficient (Wildman–Crippen LogP) is 2.82. The second-order valence-electron chi connectivity index (χ2n) is 2.56. The molecule has 1 aromatic carbocycles. The second kappa shape index (κ2) is 4.81. The van der Waals surface area contributed by atoms with Gasteiger partial charge >= 0.3 is 0 Å². The minimum Gasteiger partial charge on any atom is -0.388 e. The van der Waals surface area contributed by atoms with E-state index in [1.54, 1.807) is 0 Å². The quantitative estimate of drug-likeness (QED) is 0.470. The molecule has 0 aliphatic rings. The average molecular weight is 216 g/mol. The van der Waals surface area contributed by atoms with Crippen LogP contribution in [0.2, 0.25) is 5.02 Å². The van der Waals surface area contributed by atoms with Gasteiger partial charge in [-0.3, -0.25) is 0 Å². The molecule has 0 amide bonds. The van der Waals surface area contributed by atoms with Crippen molar-refractivity contribution in [1.82, 2.24) is 0 Å². The van der Waals surface area contributed by atoms with Crippen molar-refractivity contribution >= 4 is 11.6 Å². The van der Waals surface area contributed by atoms with Crippen molar-refractivity contribution in [2.24, 2.45) is 5.11 Å². The number of benzene rings is 1. The molecule has 0 aromatic heterocycles. The summed E-state index contributed by atoms with van der Waals surface area (Å²) < 4.78 is 13.1. The molecular formula is C8H7ClFN3O. The van der Waals surface area contributed by atoms with Gasteiger partial charge in [-0.15, -0.1) is 0 Å². The Morgan fingerprint density at radius 2 is 2.36 bits per heavy atom. The molecule has 0 aliphatic heterocycles. The Hall–Kier alpha value is -1.29. The van der Waals surface area contributed by atoms with Crippen LogP contribution in [-0.2, 0) is 0 Å². The first-order chi connectivity index (χ1) is 6.66. The molecule has 1 rings (SSSR count). The lowest BCUT2D eigenvalue weighted by Crippen LogP contribution is -2.04. The maximum atomic E-state index is 13.1. The Balaban J connectivity index is 2.99.